The summed E-state index contributed by atoms with van der Waals surface area (Å²) in [6.07, 6.45) is 3.31. The van der Waals surface area contributed by atoms with Crippen molar-refractivity contribution < 1.29 is 4.79 Å². The number of fused-ring (bicyclic) bond motifs is 1. The highest BCUT2D eigenvalue weighted by Crippen LogP contribution is 2.23. The summed E-state index contributed by atoms with van der Waals surface area (Å²) in [6.45, 7) is 0. The van der Waals surface area contributed by atoms with Crippen LogP contribution in [0.1, 0.15) is 0 Å². The molecular weight excluding hydrogens is 372 g/mol. The van der Waals surface area contributed by atoms with Crippen molar-refractivity contribution in [1.29, 1.82) is 0 Å². The van der Waals surface area contributed by atoms with Gasteiger partial charge in [0.25, 0.3) is 0 Å². The van der Waals surface area contributed by atoms with Crippen molar-refractivity contribution in [2.45, 2.75) is 5.16 Å². The van der Waals surface area contributed by atoms with Crippen molar-refractivity contribution in [3.8, 4) is 5.69 Å². The van der Waals surface area contributed by atoms with Crippen LogP contribution >= 0.6 is 23.4 Å². The number of hydrogen-bond donors (Lipinski definition) is 2. The van der Waals surface area contributed by atoms with Gasteiger partial charge in [0.05, 0.1) is 28.8 Å². The molecule has 2 aromatic carbocycles. The van der Waals surface area contributed by atoms with Gasteiger partial charge in [-0.1, -0.05) is 41.6 Å². The Morgan fingerprint density at radius 1 is 1.27 bits per heavy atom. The third-order valence-electron chi connectivity index (χ3n) is 3.69. The molecule has 0 fully saturated rings. The number of halogens is 1. The lowest BCUT2D eigenvalue weighted by atomic mass is 10.2. The van der Waals surface area contributed by atoms with Crippen LogP contribution in [0.2, 0.25) is 5.02 Å². The topological polar surface area (TPSA) is 88.5 Å². The molecule has 0 aliphatic heterocycles. The van der Waals surface area contributed by atoms with Gasteiger partial charge < -0.3 is 5.32 Å². The molecule has 4 rings (SSSR count). The SMILES string of the molecule is O=C(CSc1nncn1-c1cccc(Cl)c1)Nc1cccc2cn[nH]c12. The van der Waals surface area contributed by atoms with E-state index >= 15 is 0 Å². The first-order chi connectivity index (χ1) is 12.7. The van der Waals surface area contributed by atoms with E-state index in [1.165, 1.54) is 11.8 Å². The molecule has 2 heterocycles. The molecule has 0 radical (unpaired) electrons. The lowest BCUT2D eigenvalue weighted by molar-refractivity contribution is -0.113. The van der Waals surface area contributed by atoms with Gasteiger partial charge in [0.1, 0.15) is 6.33 Å². The molecule has 26 heavy (non-hydrogen) atoms. The summed E-state index contributed by atoms with van der Waals surface area (Å²) < 4.78 is 1.79. The predicted octanol–water partition coefficient (Wildman–Crippen LogP) is 3.53. The number of nitrogens with one attached hydrogen (secondary N) is 2. The van der Waals surface area contributed by atoms with Gasteiger partial charge in [-0.15, -0.1) is 10.2 Å². The molecule has 0 aliphatic rings. The Labute approximate surface area is 157 Å². The van der Waals surface area contributed by atoms with Crippen LogP contribution in [0.15, 0.2) is 60.1 Å². The fourth-order valence-corrected chi connectivity index (χ4v) is 3.43. The number of aromatic amines is 1. The molecule has 0 bridgehead atoms. The first-order valence-corrected chi connectivity index (χ1v) is 9.08. The summed E-state index contributed by atoms with van der Waals surface area (Å²) in [5.74, 6) is 0.0572. The Hall–Kier alpha value is -2.84. The van der Waals surface area contributed by atoms with Gasteiger partial charge in [-0.2, -0.15) is 5.10 Å². The average molecular weight is 385 g/mol. The molecule has 4 aromatic rings. The maximum atomic E-state index is 12.3. The zero-order valence-electron chi connectivity index (χ0n) is 13.4. The molecule has 2 aromatic heterocycles. The van der Waals surface area contributed by atoms with Crippen LogP contribution in [0.4, 0.5) is 5.69 Å². The molecule has 0 aliphatic carbocycles. The van der Waals surface area contributed by atoms with Crippen molar-refractivity contribution in [1.82, 2.24) is 25.0 Å². The summed E-state index contributed by atoms with van der Waals surface area (Å²) in [7, 11) is 0. The number of H-pyrrole nitrogens is 1. The Morgan fingerprint density at radius 2 is 2.15 bits per heavy atom. The molecule has 1 amide bonds. The number of carbonyl (C=O) groups is 1. The van der Waals surface area contributed by atoms with Crippen molar-refractivity contribution in [2.75, 3.05) is 11.1 Å². The normalized spacial score (nSPS) is 11.0. The Balaban J connectivity index is 1.46. The largest absolute Gasteiger partial charge is 0.323 e. The molecule has 0 atom stereocenters. The Bertz CT molecular complexity index is 1080. The molecule has 130 valence electrons. The minimum Gasteiger partial charge on any atom is -0.323 e. The van der Waals surface area contributed by atoms with E-state index in [0.29, 0.717) is 15.9 Å². The van der Waals surface area contributed by atoms with E-state index < -0.39 is 0 Å². The van der Waals surface area contributed by atoms with E-state index in [2.05, 4.69) is 25.7 Å². The number of amides is 1. The van der Waals surface area contributed by atoms with Crippen molar-refractivity contribution in [3.05, 3.63) is 60.0 Å². The van der Waals surface area contributed by atoms with Gasteiger partial charge in [-0.3, -0.25) is 14.5 Å². The quantitative estimate of drug-likeness (QED) is 0.514. The minimum atomic E-state index is -0.141. The fourth-order valence-electron chi connectivity index (χ4n) is 2.52. The standard InChI is InChI=1S/C17H13ClN6OS/c18-12-4-2-5-13(7-12)24-10-20-23-17(24)26-9-15(25)21-14-6-1-3-11-8-19-22-16(11)14/h1-8,10H,9H2,(H,19,22)(H,21,25). The first kappa shape index (κ1) is 16.6. The molecule has 7 nitrogen and oxygen atoms in total. The highest BCUT2D eigenvalue weighted by atomic mass is 35.5. The van der Waals surface area contributed by atoms with E-state index in [-0.39, 0.29) is 11.7 Å². The number of nitrogens with zero attached hydrogens (tertiary/aromatic N) is 4. The van der Waals surface area contributed by atoms with Gasteiger partial charge in [0.2, 0.25) is 5.91 Å². The lowest BCUT2D eigenvalue weighted by Gasteiger charge is -2.08. The Morgan fingerprint density at radius 3 is 3.04 bits per heavy atom. The number of thioether (sulfide) groups is 1. The summed E-state index contributed by atoms with van der Waals surface area (Å²) in [5.41, 5.74) is 2.34. The lowest BCUT2D eigenvalue weighted by Crippen LogP contribution is -2.14. The first-order valence-electron chi connectivity index (χ1n) is 7.71. The predicted molar refractivity (Wildman–Crippen MR) is 102 cm³/mol. The van der Waals surface area contributed by atoms with Crippen LogP contribution in [0.3, 0.4) is 0 Å². The van der Waals surface area contributed by atoms with Crippen LogP contribution in [-0.2, 0) is 4.79 Å². The van der Waals surface area contributed by atoms with Crippen LogP contribution < -0.4 is 5.32 Å². The molecule has 0 saturated heterocycles. The second-order valence-corrected chi connectivity index (χ2v) is 6.82. The van der Waals surface area contributed by atoms with Gasteiger partial charge >= 0.3 is 0 Å². The van der Waals surface area contributed by atoms with E-state index in [9.17, 15) is 4.79 Å². The smallest absolute Gasteiger partial charge is 0.234 e. The molecule has 9 heteroatoms. The molecule has 0 spiro atoms. The fraction of sp³-hybridized carbons (Fsp3) is 0.0588. The minimum absolute atomic E-state index is 0.141. The number of benzene rings is 2. The van der Waals surface area contributed by atoms with Crippen molar-refractivity contribution in [3.63, 3.8) is 0 Å². The zero-order chi connectivity index (χ0) is 17.9. The maximum absolute atomic E-state index is 12.3. The molecule has 0 unspecified atom stereocenters. The highest BCUT2D eigenvalue weighted by Gasteiger charge is 2.12. The van der Waals surface area contributed by atoms with Crippen LogP contribution in [0, 0.1) is 0 Å². The van der Waals surface area contributed by atoms with Crippen LogP contribution in [0.5, 0.6) is 0 Å². The number of hydrogen-bond acceptors (Lipinski definition) is 5. The summed E-state index contributed by atoms with van der Waals surface area (Å²) in [4.78, 5) is 12.3. The molecule has 0 saturated carbocycles. The van der Waals surface area contributed by atoms with E-state index in [4.69, 9.17) is 11.6 Å². The number of rotatable bonds is 5. The second kappa shape index (κ2) is 7.19. The van der Waals surface area contributed by atoms with E-state index in [0.717, 1.165) is 16.6 Å². The Kier molecular flexibility index (Phi) is 4.59. The zero-order valence-corrected chi connectivity index (χ0v) is 15.0. The second-order valence-electron chi connectivity index (χ2n) is 5.44. The summed E-state index contributed by atoms with van der Waals surface area (Å²) >= 11 is 7.33. The monoisotopic (exact) mass is 384 g/mol. The maximum Gasteiger partial charge on any atom is 0.234 e. The molecule has 2 N–H and O–H groups in total. The van der Waals surface area contributed by atoms with Gasteiger partial charge in [-0.25, -0.2) is 0 Å². The highest BCUT2D eigenvalue weighted by molar-refractivity contribution is 7.99. The van der Waals surface area contributed by atoms with E-state index in [1.807, 2.05) is 36.4 Å². The third-order valence-corrected chi connectivity index (χ3v) is 4.86. The summed E-state index contributed by atoms with van der Waals surface area (Å²) in [6, 6.07) is 13.0. The number of anilines is 1. The van der Waals surface area contributed by atoms with Crippen LogP contribution in [0.25, 0.3) is 16.6 Å². The van der Waals surface area contributed by atoms with E-state index in [1.54, 1.807) is 23.2 Å². The van der Waals surface area contributed by atoms with Gasteiger partial charge in [-0.05, 0) is 24.3 Å². The van der Waals surface area contributed by atoms with Crippen molar-refractivity contribution >= 4 is 45.9 Å². The third kappa shape index (κ3) is 3.42. The number of aromatic nitrogens is 5. The van der Waals surface area contributed by atoms with Crippen molar-refractivity contribution in [2.24, 2.45) is 0 Å². The van der Waals surface area contributed by atoms with Gasteiger partial charge in [0, 0.05) is 10.4 Å². The number of para-hydroxylation sites is 1. The average Bonchev–Trinajstić information content (AvgIpc) is 3.29. The molecular formula is C17H13ClN6OS. The van der Waals surface area contributed by atoms with Crippen LogP contribution in [-0.4, -0.2) is 36.6 Å². The van der Waals surface area contributed by atoms with Gasteiger partial charge in [0.15, 0.2) is 5.16 Å². The summed E-state index contributed by atoms with van der Waals surface area (Å²) in [5, 5.41) is 20.0. The number of carbonyl (C=O) groups excluding carboxylic acids is 1.